The van der Waals surface area contributed by atoms with Crippen molar-refractivity contribution < 1.29 is 4.79 Å². The summed E-state index contributed by atoms with van der Waals surface area (Å²) in [6.45, 7) is 3.95. The quantitative estimate of drug-likeness (QED) is 0.694. The van der Waals surface area contributed by atoms with Crippen LogP contribution in [0.25, 0.3) is 0 Å². The highest BCUT2D eigenvalue weighted by molar-refractivity contribution is 6.34. The van der Waals surface area contributed by atoms with Crippen LogP contribution in [-0.2, 0) is 23.3 Å². The van der Waals surface area contributed by atoms with E-state index in [9.17, 15) is 4.79 Å². The predicted octanol–water partition coefficient (Wildman–Crippen LogP) is 4.20. The molecule has 2 aromatic carbocycles. The van der Waals surface area contributed by atoms with E-state index in [1.165, 1.54) is 5.56 Å². The zero-order valence-corrected chi connectivity index (χ0v) is 19.1. The van der Waals surface area contributed by atoms with E-state index in [1.54, 1.807) is 6.07 Å². The van der Waals surface area contributed by atoms with Gasteiger partial charge in [0.25, 0.3) is 0 Å². The molecule has 1 aliphatic carbocycles. The molecule has 1 fully saturated rings. The number of aryl methyl sites for hydroxylation is 1. The average Bonchev–Trinajstić information content (AvgIpc) is 3.07. The molecule has 0 saturated carbocycles. The summed E-state index contributed by atoms with van der Waals surface area (Å²) in [4.78, 5) is 15.9. The van der Waals surface area contributed by atoms with Gasteiger partial charge in [0, 0.05) is 42.8 Å². The number of nitrogens with zero attached hydrogens (tertiary/aromatic N) is 1. The lowest BCUT2D eigenvalue weighted by atomic mass is 9.87. The molecule has 2 aromatic rings. The third-order valence-corrected chi connectivity index (χ3v) is 6.06. The van der Waals surface area contributed by atoms with Crippen LogP contribution >= 0.6 is 48.0 Å². The largest absolute Gasteiger partial charge is 0.350 e. The minimum atomic E-state index is -0.596. The van der Waals surface area contributed by atoms with Gasteiger partial charge in [0.2, 0.25) is 5.91 Å². The van der Waals surface area contributed by atoms with Crippen LogP contribution in [0, 0.1) is 0 Å². The Morgan fingerprint density at radius 1 is 1.07 bits per heavy atom. The van der Waals surface area contributed by atoms with Gasteiger partial charge in [-0.05, 0) is 47.7 Å². The molecule has 1 atom stereocenters. The molecule has 1 amide bonds. The molecule has 2 N–H and O–H groups in total. The normalized spacial score (nSPS) is 20.9. The molecule has 1 heterocycles. The number of hydrogen-bond donors (Lipinski definition) is 2. The first-order valence-corrected chi connectivity index (χ1v) is 10.1. The second-order valence-corrected chi connectivity index (χ2v) is 8.09. The van der Waals surface area contributed by atoms with Gasteiger partial charge in [-0.25, -0.2) is 0 Å². The highest BCUT2D eigenvalue weighted by Crippen LogP contribution is 2.42. The fourth-order valence-corrected chi connectivity index (χ4v) is 4.96. The number of halogens is 4. The van der Waals surface area contributed by atoms with Crippen LogP contribution in [0.4, 0.5) is 0 Å². The predicted molar refractivity (Wildman–Crippen MR) is 124 cm³/mol. The van der Waals surface area contributed by atoms with Crippen molar-refractivity contribution in [3.8, 4) is 0 Å². The highest BCUT2D eigenvalue weighted by Gasteiger charge is 2.49. The van der Waals surface area contributed by atoms with Crippen molar-refractivity contribution >= 4 is 53.9 Å². The summed E-state index contributed by atoms with van der Waals surface area (Å²) in [5.41, 5.74) is 2.73. The molecule has 0 aromatic heterocycles. The molecule has 0 spiro atoms. The summed E-state index contributed by atoms with van der Waals surface area (Å²) < 4.78 is 0. The molecular formula is C21H25Cl4N3O. The molecule has 4 nitrogen and oxygen atoms in total. The van der Waals surface area contributed by atoms with Crippen molar-refractivity contribution in [2.24, 2.45) is 0 Å². The van der Waals surface area contributed by atoms with Crippen LogP contribution < -0.4 is 10.6 Å². The van der Waals surface area contributed by atoms with Crippen LogP contribution in [0.3, 0.4) is 0 Å². The lowest BCUT2D eigenvalue weighted by molar-refractivity contribution is -0.135. The van der Waals surface area contributed by atoms with E-state index in [0.717, 1.165) is 50.1 Å². The van der Waals surface area contributed by atoms with Gasteiger partial charge in [-0.2, -0.15) is 0 Å². The van der Waals surface area contributed by atoms with E-state index in [0.29, 0.717) is 16.6 Å². The Kier molecular flexibility index (Phi) is 8.65. The molecule has 0 bridgehead atoms. The van der Waals surface area contributed by atoms with Crippen LogP contribution in [0.2, 0.25) is 10.0 Å². The number of hydrogen-bond acceptors (Lipinski definition) is 3. The second kappa shape index (κ2) is 10.3. The number of rotatable bonds is 4. The molecular weight excluding hydrogens is 452 g/mol. The van der Waals surface area contributed by atoms with Crippen LogP contribution in [0.15, 0.2) is 42.5 Å². The maximum Gasteiger partial charge on any atom is 0.245 e. The minimum absolute atomic E-state index is 0. The lowest BCUT2D eigenvalue weighted by Gasteiger charge is -2.43. The smallest absolute Gasteiger partial charge is 0.245 e. The Labute approximate surface area is 194 Å². The van der Waals surface area contributed by atoms with Crippen molar-refractivity contribution in [3.63, 3.8) is 0 Å². The minimum Gasteiger partial charge on any atom is -0.350 e. The van der Waals surface area contributed by atoms with Crippen LogP contribution in [0.1, 0.15) is 23.1 Å². The summed E-state index contributed by atoms with van der Waals surface area (Å²) in [5.74, 6) is 0.0606. The first-order chi connectivity index (χ1) is 13.1. The number of benzene rings is 2. The maximum absolute atomic E-state index is 13.5. The van der Waals surface area contributed by atoms with E-state index in [1.807, 2.05) is 18.2 Å². The standard InChI is InChI=1S/C21H23Cl2N3O.2ClH/c22-17-11-15(12-18(23)13-17)14-25-20(27)21(26-9-7-24-8-10-26)6-5-16-3-1-2-4-19(16)21;;/h1-4,11-13,24H,5-10,14H2,(H,25,27);2*1H/t21-;;/m0../s1. The van der Waals surface area contributed by atoms with Gasteiger partial charge in [-0.1, -0.05) is 47.5 Å². The zero-order valence-electron chi connectivity index (χ0n) is 15.9. The van der Waals surface area contributed by atoms with E-state index in [-0.39, 0.29) is 30.7 Å². The van der Waals surface area contributed by atoms with Crippen molar-refractivity contribution in [1.29, 1.82) is 0 Å². The average molecular weight is 477 g/mol. The Bertz CT molecular complexity index is 837. The number of carbonyl (C=O) groups excluding carboxylic acids is 1. The zero-order chi connectivity index (χ0) is 18.9. The van der Waals surface area contributed by atoms with Gasteiger partial charge in [-0.3, -0.25) is 9.69 Å². The molecule has 4 rings (SSSR count). The van der Waals surface area contributed by atoms with Gasteiger partial charge in [-0.15, -0.1) is 24.8 Å². The molecule has 158 valence electrons. The number of carbonyl (C=O) groups is 1. The number of amides is 1. The van der Waals surface area contributed by atoms with Crippen molar-refractivity contribution in [1.82, 2.24) is 15.5 Å². The van der Waals surface area contributed by atoms with E-state index >= 15 is 0 Å². The van der Waals surface area contributed by atoms with Crippen LogP contribution in [0.5, 0.6) is 0 Å². The fraction of sp³-hybridized carbons (Fsp3) is 0.381. The molecule has 1 saturated heterocycles. The molecule has 8 heteroatoms. The Balaban J connectivity index is 0.00000150. The van der Waals surface area contributed by atoms with Gasteiger partial charge in [0.1, 0.15) is 5.54 Å². The van der Waals surface area contributed by atoms with Gasteiger partial charge in [0.05, 0.1) is 0 Å². The SMILES string of the molecule is Cl.Cl.O=C(NCc1cc(Cl)cc(Cl)c1)[C@]1(N2CCNCC2)CCc2ccccc21. The summed E-state index contributed by atoms with van der Waals surface area (Å²) >= 11 is 12.2. The van der Waals surface area contributed by atoms with Crippen molar-refractivity contribution in [3.05, 3.63) is 69.2 Å². The molecule has 2 aliphatic rings. The summed E-state index contributed by atoms with van der Waals surface area (Å²) in [5, 5.41) is 7.70. The fourth-order valence-electron chi connectivity index (χ4n) is 4.39. The Hall–Kier alpha value is -1.01. The monoisotopic (exact) mass is 475 g/mol. The molecule has 0 radical (unpaired) electrons. The molecule has 29 heavy (non-hydrogen) atoms. The first kappa shape index (κ1) is 24.3. The van der Waals surface area contributed by atoms with Gasteiger partial charge < -0.3 is 10.6 Å². The second-order valence-electron chi connectivity index (χ2n) is 7.21. The van der Waals surface area contributed by atoms with Crippen LogP contribution in [-0.4, -0.2) is 37.0 Å². The van der Waals surface area contributed by atoms with E-state index in [4.69, 9.17) is 23.2 Å². The number of nitrogens with one attached hydrogen (secondary N) is 2. The Morgan fingerprint density at radius 2 is 1.72 bits per heavy atom. The summed E-state index contributed by atoms with van der Waals surface area (Å²) in [7, 11) is 0. The topological polar surface area (TPSA) is 44.4 Å². The van der Waals surface area contributed by atoms with Crippen molar-refractivity contribution in [2.45, 2.75) is 24.9 Å². The Morgan fingerprint density at radius 3 is 2.41 bits per heavy atom. The number of piperazine rings is 1. The molecule has 0 unspecified atom stereocenters. The van der Waals surface area contributed by atoms with Crippen molar-refractivity contribution in [2.75, 3.05) is 26.2 Å². The molecule has 1 aliphatic heterocycles. The third kappa shape index (κ3) is 4.84. The summed E-state index contributed by atoms with van der Waals surface area (Å²) in [6, 6.07) is 13.7. The highest BCUT2D eigenvalue weighted by atomic mass is 35.5. The summed E-state index contributed by atoms with van der Waals surface area (Å²) in [6.07, 6.45) is 1.74. The van der Waals surface area contributed by atoms with E-state index in [2.05, 4.69) is 33.7 Å². The van der Waals surface area contributed by atoms with E-state index < -0.39 is 5.54 Å². The maximum atomic E-state index is 13.5. The lowest BCUT2D eigenvalue weighted by Crippen LogP contribution is -2.60. The van der Waals surface area contributed by atoms with Gasteiger partial charge >= 0.3 is 0 Å². The third-order valence-electron chi connectivity index (χ3n) is 5.63. The first-order valence-electron chi connectivity index (χ1n) is 9.37. The number of fused-ring (bicyclic) bond motifs is 1. The van der Waals surface area contributed by atoms with Gasteiger partial charge in [0.15, 0.2) is 0 Å².